The molecule has 0 bridgehead atoms. The summed E-state index contributed by atoms with van der Waals surface area (Å²) in [6.45, 7) is 10.4. The Hall–Kier alpha value is -1.75. The molecular weight excluding hydrogens is 262 g/mol. The van der Waals surface area contributed by atoms with Gasteiger partial charge in [-0.1, -0.05) is 45.9 Å². The third-order valence-electron chi connectivity index (χ3n) is 3.55. The Kier molecular flexibility index (Phi) is 5.44. The summed E-state index contributed by atoms with van der Waals surface area (Å²) in [7, 11) is 0. The van der Waals surface area contributed by atoms with E-state index >= 15 is 0 Å². The van der Waals surface area contributed by atoms with Crippen molar-refractivity contribution in [3.8, 4) is 5.69 Å². The van der Waals surface area contributed by atoms with Crippen LogP contribution in [-0.4, -0.2) is 26.8 Å². The van der Waals surface area contributed by atoms with Crippen molar-refractivity contribution in [2.75, 3.05) is 6.54 Å². The van der Waals surface area contributed by atoms with Crippen molar-refractivity contribution in [3.63, 3.8) is 0 Å². The molecule has 0 saturated carbocycles. The van der Waals surface area contributed by atoms with E-state index in [2.05, 4.69) is 66.7 Å². The first-order chi connectivity index (χ1) is 10.2. The van der Waals surface area contributed by atoms with Crippen molar-refractivity contribution < 1.29 is 0 Å². The molecule has 5 nitrogen and oxygen atoms in total. The number of para-hydroxylation sites is 1. The van der Waals surface area contributed by atoms with E-state index < -0.39 is 0 Å². The number of nitrogens with zero attached hydrogens (tertiary/aromatic N) is 4. The first-order valence-corrected chi connectivity index (χ1v) is 7.76. The molecule has 1 aromatic heterocycles. The lowest BCUT2D eigenvalue weighted by Gasteiger charge is -2.14. The second-order valence-corrected chi connectivity index (χ2v) is 5.66. The Bertz CT molecular complexity index is 552. The van der Waals surface area contributed by atoms with E-state index in [0.29, 0.717) is 12.5 Å². The zero-order chi connectivity index (χ0) is 15.2. The first kappa shape index (κ1) is 15.6. The molecule has 0 spiro atoms. The van der Waals surface area contributed by atoms with Crippen LogP contribution in [0.15, 0.2) is 18.2 Å². The van der Waals surface area contributed by atoms with Crippen molar-refractivity contribution in [1.82, 2.24) is 25.5 Å². The number of aromatic nitrogens is 4. The van der Waals surface area contributed by atoms with E-state index in [1.165, 1.54) is 11.1 Å². The SMILES string of the molecule is CCc1cccc(CC)c1-n1nnnc1CNCC(C)C. The van der Waals surface area contributed by atoms with Crippen LogP contribution in [0.25, 0.3) is 5.69 Å². The van der Waals surface area contributed by atoms with Gasteiger partial charge in [-0.15, -0.1) is 5.10 Å². The van der Waals surface area contributed by atoms with E-state index in [9.17, 15) is 0 Å². The molecule has 0 aliphatic rings. The minimum absolute atomic E-state index is 0.614. The van der Waals surface area contributed by atoms with E-state index in [1.807, 2.05) is 4.68 Å². The van der Waals surface area contributed by atoms with E-state index in [1.54, 1.807) is 0 Å². The highest BCUT2D eigenvalue weighted by Gasteiger charge is 2.14. The van der Waals surface area contributed by atoms with Gasteiger partial charge in [0, 0.05) is 0 Å². The van der Waals surface area contributed by atoms with Crippen molar-refractivity contribution >= 4 is 0 Å². The van der Waals surface area contributed by atoms with Crippen LogP contribution >= 0.6 is 0 Å². The standard InChI is InChI=1S/C16H25N5/c1-5-13-8-7-9-14(6-2)16(13)21-15(18-19-20-21)11-17-10-12(3)4/h7-9,12,17H,5-6,10-11H2,1-4H3. The molecule has 0 aliphatic carbocycles. The van der Waals surface area contributed by atoms with Crippen LogP contribution in [0.2, 0.25) is 0 Å². The fourth-order valence-electron chi connectivity index (χ4n) is 2.45. The second-order valence-electron chi connectivity index (χ2n) is 5.66. The van der Waals surface area contributed by atoms with Crippen molar-refractivity contribution in [2.24, 2.45) is 5.92 Å². The predicted octanol–water partition coefficient (Wildman–Crippen LogP) is 2.53. The third kappa shape index (κ3) is 3.67. The van der Waals surface area contributed by atoms with E-state index in [0.717, 1.165) is 30.9 Å². The Balaban J connectivity index is 2.32. The molecule has 0 fully saturated rings. The van der Waals surface area contributed by atoms with Gasteiger partial charge in [0.15, 0.2) is 5.82 Å². The van der Waals surface area contributed by atoms with Crippen LogP contribution in [0.3, 0.4) is 0 Å². The molecule has 0 saturated heterocycles. The number of aryl methyl sites for hydroxylation is 2. The summed E-state index contributed by atoms with van der Waals surface area (Å²) in [6, 6.07) is 6.42. The molecule has 0 amide bonds. The number of nitrogens with one attached hydrogen (secondary N) is 1. The van der Waals surface area contributed by atoms with Crippen molar-refractivity contribution in [1.29, 1.82) is 0 Å². The van der Waals surface area contributed by atoms with Gasteiger partial charge in [-0.3, -0.25) is 0 Å². The Morgan fingerprint density at radius 2 is 1.81 bits per heavy atom. The summed E-state index contributed by atoms with van der Waals surface area (Å²) >= 11 is 0. The normalized spacial score (nSPS) is 11.3. The van der Waals surface area contributed by atoms with Gasteiger partial charge in [-0.2, -0.15) is 4.68 Å². The lowest BCUT2D eigenvalue weighted by atomic mass is 10.0. The predicted molar refractivity (Wildman–Crippen MR) is 84.5 cm³/mol. The average molecular weight is 287 g/mol. The van der Waals surface area contributed by atoms with E-state index in [-0.39, 0.29) is 0 Å². The van der Waals surface area contributed by atoms with E-state index in [4.69, 9.17) is 0 Å². The average Bonchev–Trinajstić information content (AvgIpc) is 2.94. The number of hydrogen-bond acceptors (Lipinski definition) is 4. The maximum Gasteiger partial charge on any atom is 0.170 e. The van der Waals surface area contributed by atoms with Crippen LogP contribution in [0.5, 0.6) is 0 Å². The van der Waals surface area contributed by atoms with Crippen LogP contribution in [0.4, 0.5) is 0 Å². The smallest absolute Gasteiger partial charge is 0.170 e. The lowest BCUT2D eigenvalue weighted by molar-refractivity contribution is 0.537. The fraction of sp³-hybridized carbons (Fsp3) is 0.562. The summed E-state index contributed by atoms with van der Waals surface area (Å²) in [5.41, 5.74) is 3.72. The molecule has 1 N–H and O–H groups in total. The highest BCUT2D eigenvalue weighted by atomic mass is 15.5. The monoisotopic (exact) mass is 287 g/mol. The minimum atomic E-state index is 0.614. The summed E-state index contributed by atoms with van der Waals surface area (Å²) in [6.07, 6.45) is 1.95. The third-order valence-corrected chi connectivity index (χ3v) is 3.55. The minimum Gasteiger partial charge on any atom is -0.310 e. The maximum atomic E-state index is 4.22. The second kappa shape index (κ2) is 7.31. The summed E-state index contributed by atoms with van der Waals surface area (Å²) in [4.78, 5) is 0. The van der Waals surface area contributed by atoms with Gasteiger partial charge in [0.25, 0.3) is 0 Å². The van der Waals surface area contributed by atoms with Crippen molar-refractivity contribution in [3.05, 3.63) is 35.2 Å². The zero-order valence-electron chi connectivity index (χ0n) is 13.4. The Morgan fingerprint density at radius 1 is 1.14 bits per heavy atom. The van der Waals surface area contributed by atoms with Gasteiger partial charge in [0.1, 0.15) is 0 Å². The van der Waals surface area contributed by atoms with Gasteiger partial charge >= 0.3 is 0 Å². The van der Waals surface area contributed by atoms with Crippen molar-refractivity contribution in [2.45, 2.75) is 47.1 Å². The number of benzene rings is 1. The highest BCUT2D eigenvalue weighted by Crippen LogP contribution is 2.21. The number of rotatable bonds is 7. The first-order valence-electron chi connectivity index (χ1n) is 7.76. The van der Waals surface area contributed by atoms with Crippen LogP contribution < -0.4 is 5.32 Å². The summed E-state index contributed by atoms with van der Waals surface area (Å²) < 4.78 is 1.89. The molecule has 114 valence electrons. The molecule has 2 aromatic rings. The molecule has 1 heterocycles. The molecule has 0 atom stereocenters. The zero-order valence-corrected chi connectivity index (χ0v) is 13.4. The fourth-order valence-corrected chi connectivity index (χ4v) is 2.45. The summed E-state index contributed by atoms with van der Waals surface area (Å²) in [5.74, 6) is 1.48. The van der Waals surface area contributed by atoms with Crippen LogP contribution in [-0.2, 0) is 19.4 Å². The van der Waals surface area contributed by atoms with Crippen LogP contribution in [0, 0.1) is 5.92 Å². The summed E-state index contributed by atoms with van der Waals surface area (Å²) in [5, 5.41) is 15.7. The number of tetrazole rings is 1. The molecule has 1 aromatic carbocycles. The van der Waals surface area contributed by atoms with Gasteiger partial charge < -0.3 is 5.32 Å². The van der Waals surface area contributed by atoms with Crippen LogP contribution in [0.1, 0.15) is 44.6 Å². The largest absolute Gasteiger partial charge is 0.310 e. The Morgan fingerprint density at radius 3 is 2.38 bits per heavy atom. The quantitative estimate of drug-likeness (QED) is 0.850. The molecule has 5 heteroatoms. The van der Waals surface area contributed by atoms with Gasteiger partial charge in [-0.05, 0) is 46.9 Å². The molecule has 21 heavy (non-hydrogen) atoms. The molecule has 0 aliphatic heterocycles. The Labute approximate surface area is 126 Å². The number of hydrogen-bond donors (Lipinski definition) is 1. The maximum absolute atomic E-state index is 4.22. The molecule has 0 unspecified atom stereocenters. The van der Waals surface area contributed by atoms with Gasteiger partial charge in [-0.25, -0.2) is 0 Å². The molecule has 2 rings (SSSR count). The molecule has 0 radical (unpaired) electrons. The van der Waals surface area contributed by atoms with Gasteiger partial charge in [0.05, 0.1) is 12.2 Å². The lowest BCUT2D eigenvalue weighted by Crippen LogP contribution is -2.22. The topological polar surface area (TPSA) is 55.6 Å². The highest BCUT2D eigenvalue weighted by molar-refractivity contribution is 5.48. The molecular formula is C16H25N5. The van der Waals surface area contributed by atoms with Gasteiger partial charge in [0.2, 0.25) is 0 Å².